The highest BCUT2D eigenvalue weighted by Crippen LogP contribution is 2.36. The average molecular weight is 228 g/mol. The zero-order valence-corrected chi connectivity index (χ0v) is 9.63. The van der Waals surface area contributed by atoms with Gasteiger partial charge in [0.2, 0.25) is 0 Å². The van der Waals surface area contributed by atoms with E-state index in [1.54, 1.807) is 6.20 Å². The van der Waals surface area contributed by atoms with Crippen LogP contribution in [0, 0.1) is 0 Å². The molecule has 3 rings (SSSR count). The molecule has 0 aliphatic heterocycles. The molecule has 1 saturated carbocycles. The summed E-state index contributed by atoms with van der Waals surface area (Å²) in [5.74, 6) is 0.771. The van der Waals surface area contributed by atoms with E-state index < -0.39 is 0 Å². The van der Waals surface area contributed by atoms with E-state index in [0.717, 1.165) is 17.2 Å². The van der Waals surface area contributed by atoms with Crippen LogP contribution in [-0.2, 0) is 0 Å². The minimum Gasteiger partial charge on any atom is -0.319 e. The fraction of sp³-hybridized carbons (Fsp3) is 0.385. The Labute approximate surface area is 100 Å². The Morgan fingerprint density at radius 3 is 2.53 bits per heavy atom. The van der Waals surface area contributed by atoms with Crippen LogP contribution in [-0.4, -0.2) is 15.4 Å². The second-order valence-corrected chi connectivity index (χ2v) is 4.67. The van der Waals surface area contributed by atoms with Gasteiger partial charge in [0.05, 0.1) is 12.2 Å². The largest absolute Gasteiger partial charge is 0.319 e. The lowest BCUT2D eigenvalue weighted by atomic mass is 9.80. The first-order valence-electron chi connectivity index (χ1n) is 6.05. The van der Waals surface area contributed by atoms with Crippen molar-refractivity contribution in [1.29, 1.82) is 0 Å². The number of H-pyrrole nitrogens is 1. The molecule has 1 aliphatic carbocycles. The maximum atomic E-state index is 6.11. The monoisotopic (exact) mass is 228 g/mol. The molecule has 0 bridgehead atoms. The number of nitrogens with zero attached hydrogens (tertiary/aromatic N) is 2. The van der Waals surface area contributed by atoms with Gasteiger partial charge in [-0.3, -0.25) is 0 Å². The van der Waals surface area contributed by atoms with E-state index in [-0.39, 0.29) is 6.04 Å². The molecule has 1 heterocycles. The molecule has 4 nitrogen and oxygen atoms in total. The number of nitrogens with one attached hydrogen (secondary N) is 1. The molecule has 1 aromatic carbocycles. The third kappa shape index (κ3) is 1.96. The Kier molecular flexibility index (Phi) is 2.65. The molecule has 0 saturated heterocycles. The normalized spacial score (nSPS) is 17.7. The van der Waals surface area contributed by atoms with Crippen LogP contribution >= 0.6 is 0 Å². The summed E-state index contributed by atoms with van der Waals surface area (Å²) in [6.45, 7) is 0. The van der Waals surface area contributed by atoms with E-state index in [2.05, 4.69) is 39.7 Å². The van der Waals surface area contributed by atoms with Crippen molar-refractivity contribution in [1.82, 2.24) is 15.4 Å². The molecular formula is C13H16N4. The molecule has 0 amide bonds. The van der Waals surface area contributed by atoms with E-state index in [1.807, 2.05) is 0 Å². The Morgan fingerprint density at radius 2 is 2.00 bits per heavy atom. The van der Waals surface area contributed by atoms with Gasteiger partial charge in [-0.05, 0) is 29.9 Å². The number of benzene rings is 1. The van der Waals surface area contributed by atoms with E-state index >= 15 is 0 Å². The minimum atomic E-state index is -0.191. The summed E-state index contributed by atoms with van der Waals surface area (Å²) in [4.78, 5) is 0. The van der Waals surface area contributed by atoms with Gasteiger partial charge >= 0.3 is 0 Å². The summed E-state index contributed by atoms with van der Waals surface area (Å²) in [5, 5.41) is 10.4. The van der Waals surface area contributed by atoms with Crippen molar-refractivity contribution in [2.75, 3.05) is 0 Å². The second-order valence-electron chi connectivity index (χ2n) is 4.67. The minimum absolute atomic E-state index is 0.191. The predicted octanol–water partition coefficient (Wildman–Crippen LogP) is 2.12. The number of aromatic amines is 1. The van der Waals surface area contributed by atoms with Crippen molar-refractivity contribution in [2.45, 2.75) is 31.2 Å². The maximum absolute atomic E-state index is 6.11. The standard InChI is InChI=1S/C13H16N4/c14-13(12-8-15-17-16-12)11-6-4-10(5-7-11)9-2-1-3-9/h4-9,13H,1-3,14H2,(H,15,16,17). The van der Waals surface area contributed by atoms with Gasteiger partial charge in [0, 0.05) is 0 Å². The average Bonchev–Trinajstić information content (AvgIpc) is 2.80. The van der Waals surface area contributed by atoms with Crippen LogP contribution in [0.5, 0.6) is 0 Å². The van der Waals surface area contributed by atoms with E-state index in [4.69, 9.17) is 5.73 Å². The third-order valence-electron chi connectivity index (χ3n) is 3.62. The Bertz CT molecular complexity index is 471. The second kappa shape index (κ2) is 4.30. The van der Waals surface area contributed by atoms with Crippen LogP contribution in [0.2, 0.25) is 0 Å². The number of rotatable bonds is 3. The molecular weight excluding hydrogens is 212 g/mol. The highest BCUT2D eigenvalue weighted by Gasteiger charge is 2.19. The van der Waals surface area contributed by atoms with Crippen molar-refractivity contribution in [3.05, 3.63) is 47.3 Å². The first-order valence-corrected chi connectivity index (χ1v) is 6.05. The molecule has 0 spiro atoms. The predicted molar refractivity (Wildman–Crippen MR) is 65.4 cm³/mol. The summed E-state index contributed by atoms with van der Waals surface area (Å²) < 4.78 is 0. The van der Waals surface area contributed by atoms with Crippen LogP contribution in [0.1, 0.15) is 48.0 Å². The molecule has 17 heavy (non-hydrogen) atoms. The van der Waals surface area contributed by atoms with Gasteiger partial charge in [-0.2, -0.15) is 15.4 Å². The quantitative estimate of drug-likeness (QED) is 0.845. The van der Waals surface area contributed by atoms with Crippen LogP contribution in [0.15, 0.2) is 30.5 Å². The van der Waals surface area contributed by atoms with Crippen molar-refractivity contribution in [3.8, 4) is 0 Å². The van der Waals surface area contributed by atoms with E-state index in [1.165, 1.54) is 24.8 Å². The first kappa shape index (κ1) is 10.5. The highest BCUT2D eigenvalue weighted by molar-refractivity contribution is 5.31. The number of hydrogen-bond donors (Lipinski definition) is 2. The Hall–Kier alpha value is -1.68. The SMILES string of the molecule is NC(c1ccc(C2CCC2)cc1)c1cn[nH]n1. The first-order chi connectivity index (χ1) is 8.34. The van der Waals surface area contributed by atoms with E-state index in [9.17, 15) is 0 Å². The smallest absolute Gasteiger partial charge is 0.104 e. The Balaban J connectivity index is 1.79. The summed E-state index contributed by atoms with van der Waals surface area (Å²) in [6, 6.07) is 8.40. The third-order valence-corrected chi connectivity index (χ3v) is 3.62. The zero-order chi connectivity index (χ0) is 11.7. The summed E-state index contributed by atoms with van der Waals surface area (Å²) in [7, 11) is 0. The molecule has 1 unspecified atom stereocenters. The molecule has 3 N–H and O–H groups in total. The molecule has 4 heteroatoms. The zero-order valence-electron chi connectivity index (χ0n) is 9.63. The van der Waals surface area contributed by atoms with Crippen LogP contribution in [0.4, 0.5) is 0 Å². The molecule has 1 aromatic heterocycles. The summed E-state index contributed by atoms with van der Waals surface area (Å²) in [5.41, 5.74) is 9.41. The molecule has 1 fully saturated rings. The van der Waals surface area contributed by atoms with Gasteiger partial charge in [0.1, 0.15) is 5.69 Å². The fourth-order valence-corrected chi connectivity index (χ4v) is 2.25. The van der Waals surface area contributed by atoms with Crippen molar-refractivity contribution >= 4 is 0 Å². The van der Waals surface area contributed by atoms with Gasteiger partial charge in [-0.15, -0.1) is 0 Å². The van der Waals surface area contributed by atoms with Crippen LogP contribution < -0.4 is 5.73 Å². The number of hydrogen-bond acceptors (Lipinski definition) is 3. The summed E-state index contributed by atoms with van der Waals surface area (Å²) >= 11 is 0. The van der Waals surface area contributed by atoms with Crippen LogP contribution in [0.25, 0.3) is 0 Å². The maximum Gasteiger partial charge on any atom is 0.104 e. The van der Waals surface area contributed by atoms with Gasteiger partial charge in [-0.1, -0.05) is 30.7 Å². The molecule has 1 atom stereocenters. The van der Waals surface area contributed by atoms with Crippen molar-refractivity contribution in [3.63, 3.8) is 0 Å². The van der Waals surface area contributed by atoms with Crippen LogP contribution in [0.3, 0.4) is 0 Å². The van der Waals surface area contributed by atoms with Crippen molar-refractivity contribution in [2.24, 2.45) is 5.73 Å². The van der Waals surface area contributed by atoms with E-state index in [0.29, 0.717) is 0 Å². The molecule has 1 aliphatic rings. The van der Waals surface area contributed by atoms with Gasteiger partial charge in [-0.25, -0.2) is 0 Å². The van der Waals surface area contributed by atoms with Crippen molar-refractivity contribution < 1.29 is 0 Å². The highest BCUT2D eigenvalue weighted by atomic mass is 15.3. The van der Waals surface area contributed by atoms with Gasteiger partial charge in [0.15, 0.2) is 0 Å². The van der Waals surface area contributed by atoms with Gasteiger partial charge in [0.25, 0.3) is 0 Å². The lowest BCUT2D eigenvalue weighted by molar-refractivity contribution is 0.419. The lowest BCUT2D eigenvalue weighted by Crippen LogP contribution is -2.13. The molecule has 0 radical (unpaired) electrons. The number of aromatic nitrogens is 3. The Morgan fingerprint density at radius 1 is 1.24 bits per heavy atom. The lowest BCUT2D eigenvalue weighted by Gasteiger charge is -2.26. The molecule has 2 aromatic rings. The number of nitrogens with two attached hydrogens (primary N) is 1. The molecule has 88 valence electrons. The fourth-order valence-electron chi connectivity index (χ4n) is 2.25. The topological polar surface area (TPSA) is 67.6 Å². The van der Waals surface area contributed by atoms with Gasteiger partial charge < -0.3 is 5.73 Å². The summed E-state index contributed by atoms with van der Waals surface area (Å²) in [6.07, 6.45) is 5.69.